The molecule has 0 aliphatic carbocycles. The third kappa shape index (κ3) is 3.18. The van der Waals surface area contributed by atoms with E-state index < -0.39 is 36.7 Å². The second-order valence-corrected chi connectivity index (χ2v) is 5.25. The van der Waals surface area contributed by atoms with E-state index in [1.165, 1.54) is 17.9 Å². The van der Waals surface area contributed by atoms with Crippen molar-refractivity contribution in [1.29, 1.82) is 0 Å². The van der Waals surface area contributed by atoms with Crippen molar-refractivity contribution in [1.82, 2.24) is 10.1 Å². The molecule has 2 atom stereocenters. The van der Waals surface area contributed by atoms with Crippen LogP contribution in [0.1, 0.15) is 19.0 Å². The summed E-state index contributed by atoms with van der Waals surface area (Å²) in [6.07, 6.45) is -5.16. The Kier molecular flexibility index (Phi) is 3.98. The molecule has 0 aromatic carbocycles. The number of aryl methyl sites for hydroxylation is 1. The Hall–Kier alpha value is -1.61. The summed E-state index contributed by atoms with van der Waals surface area (Å²) >= 11 is 0. The lowest BCUT2D eigenvalue weighted by atomic mass is 10.0. The summed E-state index contributed by atoms with van der Waals surface area (Å²) in [5.41, 5.74) is -2.18. The number of likely N-dealkylation sites (tertiary alicyclic amines) is 1. The molecule has 2 heterocycles. The van der Waals surface area contributed by atoms with Gasteiger partial charge in [0, 0.05) is 19.2 Å². The molecule has 2 rings (SSSR count). The number of nitrogens with one attached hydrogen (secondary N) is 1. The number of hydrogen-bond donors (Lipinski definition) is 2. The Morgan fingerprint density at radius 1 is 1.62 bits per heavy atom. The zero-order valence-corrected chi connectivity index (χ0v) is 11.6. The topological polar surface area (TPSA) is 78.6 Å². The van der Waals surface area contributed by atoms with Crippen LogP contribution in [0.3, 0.4) is 0 Å². The van der Waals surface area contributed by atoms with Crippen LogP contribution in [0, 0.1) is 6.92 Å². The number of aromatic nitrogens is 1. The van der Waals surface area contributed by atoms with Gasteiger partial charge in [-0.05, 0) is 20.3 Å². The molecule has 0 radical (unpaired) electrons. The van der Waals surface area contributed by atoms with Crippen molar-refractivity contribution >= 4 is 11.8 Å². The average molecular weight is 307 g/mol. The third-order valence-corrected chi connectivity index (χ3v) is 3.61. The van der Waals surface area contributed by atoms with Gasteiger partial charge in [-0.2, -0.15) is 13.2 Å². The van der Waals surface area contributed by atoms with Crippen LogP contribution in [0.25, 0.3) is 0 Å². The van der Waals surface area contributed by atoms with Crippen LogP contribution in [0.15, 0.2) is 10.6 Å². The second kappa shape index (κ2) is 5.30. The standard InChI is InChI=1S/C12H16F3N3O3/c1-7-5-9(21-17-7)16-10(19)8(2)18-4-3-11(20,6-18)12(13,14)15/h5,8,20H,3-4,6H2,1-2H3,(H,16,19). The molecule has 2 unspecified atom stereocenters. The SMILES string of the molecule is Cc1cc(NC(=O)C(C)N2CCC(O)(C(F)(F)F)C2)on1. The molecule has 118 valence electrons. The van der Waals surface area contributed by atoms with Gasteiger partial charge in [0.1, 0.15) is 0 Å². The molecule has 1 aromatic rings. The van der Waals surface area contributed by atoms with Gasteiger partial charge < -0.3 is 9.63 Å². The predicted molar refractivity (Wildman–Crippen MR) is 66.5 cm³/mol. The van der Waals surface area contributed by atoms with Crippen LogP contribution >= 0.6 is 0 Å². The maximum absolute atomic E-state index is 12.7. The maximum atomic E-state index is 12.7. The Balaban J connectivity index is 1.98. The summed E-state index contributed by atoms with van der Waals surface area (Å²) in [4.78, 5) is 13.2. The van der Waals surface area contributed by atoms with E-state index in [2.05, 4.69) is 10.5 Å². The molecular formula is C12H16F3N3O3. The van der Waals surface area contributed by atoms with Crippen LogP contribution in [-0.2, 0) is 4.79 Å². The van der Waals surface area contributed by atoms with Crippen molar-refractivity contribution in [3.63, 3.8) is 0 Å². The molecule has 1 aromatic heterocycles. The lowest BCUT2D eigenvalue weighted by molar-refractivity contribution is -0.254. The molecule has 0 spiro atoms. The second-order valence-electron chi connectivity index (χ2n) is 5.25. The minimum Gasteiger partial charge on any atom is -0.379 e. The van der Waals surface area contributed by atoms with Gasteiger partial charge in [-0.25, -0.2) is 0 Å². The molecule has 0 saturated carbocycles. The van der Waals surface area contributed by atoms with Gasteiger partial charge in [-0.15, -0.1) is 0 Å². The largest absolute Gasteiger partial charge is 0.418 e. The maximum Gasteiger partial charge on any atom is 0.418 e. The monoisotopic (exact) mass is 307 g/mol. The van der Waals surface area contributed by atoms with E-state index in [1.807, 2.05) is 0 Å². The van der Waals surface area contributed by atoms with Crippen LogP contribution in [0.4, 0.5) is 19.1 Å². The summed E-state index contributed by atoms with van der Waals surface area (Å²) in [6.45, 7) is 2.51. The highest BCUT2D eigenvalue weighted by Crippen LogP contribution is 2.38. The Labute approximate surface area is 118 Å². The first-order valence-corrected chi connectivity index (χ1v) is 6.40. The number of rotatable bonds is 3. The van der Waals surface area contributed by atoms with E-state index in [1.54, 1.807) is 6.92 Å². The van der Waals surface area contributed by atoms with Crippen LogP contribution < -0.4 is 5.32 Å². The number of aliphatic hydroxyl groups is 1. The number of anilines is 1. The molecule has 2 N–H and O–H groups in total. The first-order chi connectivity index (χ1) is 9.62. The van der Waals surface area contributed by atoms with Crippen molar-refractivity contribution < 1.29 is 27.6 Å². The first-order valence-electron chi connectivity index (χ1n) is 6.40. The van der Waals surface area contributed by atoms with E-state index in [0.29, 0.717) is 5.69 Å². The Morgan fingerprint density at radius 3 is 2.76 bits per heavy atom. The zero-order chi connectivity index (χ0) is 15.8. The van der Waals surface area contributed by atoms with Gasteiger partial charge in [-0.1, -0.05) is 5.16 Å². The number of nitrogens with zero attached hydrogens (tertiary/aromatic N) is 2. The highest BCUT2D eigenvalue weighted by Gasteiger charge is 2.57. The smallest absolute Gasteiger partial charge is 0.379 e. The predicted octanol–water partition coefficient (Wildman–Crippen LogP) is 1.31. The van der Waals surface area contributed by atoms with Crippen molar-refractivity contribution in [2.24, 2.45) is 0 Å². The number of halogens is 3. The van der Waals surface area contributed by atoms with Crippen molar-refractivity contribution in [2.45, 2.75) is 38.1 Å². The fourth-order valence-corrected chi connectivity index (χ4v) is 2.20. The van der Waals surface area contributed by atoms with E-state index in [9.17, 15) is 23.1 Å². The number of carbonyl (C=O) groups excluding carboxylic acids is 1. The molecule has 1 saturated heterocycles. The Bertz CT molecular complexity index is 531. The van der Waals surface area contributed by atoms with Crippen LogP contribution in [-0.4, -0.2) is 52.0 Å². The van der Waals surface area contributed by atoms with Crippen LogP contribution in [0.5, 0.6) is 0 Å². The van der Waals surface area contributed by atoms with Crippen molar-refractivity contribution in [2.75, 3.05) is 18.4 Å². The van der Waals surface area contributed by atoms with Gasteiger partial charge in [0.05, 0.1) is 11.7 Å². The number of alkyl halides is 3. The molecule has 21 heavy (non-hydrogen) atoms. The molecule has 0 bridgehead atoms. The van der Waals surface area contributed by atoms with Crippen LogP contribution in [0.2, 0.25) is 0 Å². The fraction of sp³-hybridized carbons (Fsp3) is 0.667. The molecule has 1 fully saturated rings. The number of amides is 1. The lowest BCUT2D eigenvalue weighted by Gasteiger charge is -2.28. The van der Waals surface area contributed by atoms with E-state index in [-0.39, 0.29) is 12.4 Å². The molecular weight excluding hydrogens is 291 g/mol. The zero-order valence-electron chi connectivity index (χ0n) is 11.6. The van der Waals surface area contributed by atoms with Crippen molar-refractivity contribution in [3.8, 4) is 0 Å². The van der Waals surface area contributed by atoms with E-state index in [0.717, 1.165) is 0 Å². The number of β-amino-alcohol motifs (C(OH)–C–C–N with tert-alkyl or cyclic N) is 1. The first kappa shape index (κ1) is 15.8. The number of carbonyl (C=O) groups is 1. The van der Waals surface area contributed by atoms with Gasteiger partial charge in [0.15, 0.2) is 5.60 Å². The molecule has 9 heteroatoms. The van der Waals surface area contributed by atoms with Gasteiger partial charge in [-0.3, -0.25) is 15.0 Å². The quantitative estimate of drug-likeness (QED) is 0.880. The van der Waals surface area contributed by atoms with Gasteiger partial charge in [0.25, 0.3) is 0 Å². The normalized spacial score (nSPS) is 25.0. The summed E-state index contributed by atoms with van der Waals surface area (Å²) in [6, 6.07) is 0.674. The summed E-state index contributed by atoms with van der Waals surface area (Å²) < 4.78 is 43.0. The molecule has 6 nitrogen and oxygen atoms in total. The average Bonchev–Trinajstić information content (AvgIpc) is 2.95. The summed E-state index contributed by atoms with van der Waals surface area (Å²) in [5.74, 6) is -0.382. The Morgan fingerprint density at radius 2 is 2.29 bits per heavy atom. The molecule has 1 aliphatic heterocycles. The molecule has 1 aliphatic rings. The fourth-order valence-electron chi connectivity index (χ4n) is 2.20. The number of hydrogen-bond acceptors (Lipinski definition) is 5. The van der Waals surface area contributed by atoms with E-state index >= 15 is 0 Å². The third-order valence-electron chi connectivity index (χ3n) is 3.61. The minimum atomic E-state index is -4.71. The lowest BCUT2D eigenvalue weighted by Crippen LogP contribution is -2.49. The molecule has 1 amide bonds. The highest BCUT2D eigenvalue weighted by atomic mass is 19.4. The summed E-state index contributed by atoms with van der Waals surface area (Å²) in [7, 11) is 0. The van der Waals surface area contributed by atoms with Crippen molar-refractivity contribution in [3.05, 3.63) is 11.8 Å². The minimum absolute atomic E-state index is 0.0139. The van der Waals surface area contributed by atoms with E-state index in [4.69, 9.17) is 4.52 Å². The summed E-state index contributed by atoms with van der Waals surface area (Å²) in [5, 5.41) is 15.6. The highest BCUT2D eigenvalue weighted by molar-refractivity contribution is 5.93. The van der Waals surface area contributed by atoms with Gasteiger partial charge in [0.2, 0.25) is 11.8 Å². The van der Waals surface area contributed by atoms with Gasteiger partial charge >= 0.3 is 6.18 Å².